The van der Waals surface area contributed by atoms with Crippen LogP contribution >= 0.6 is 12.2 Å². The van der Waals surface area contributed by atoms with E-state index in [4.69, 9.17) is 12.2 Å². The van der Waals surface area contributed by atoms with Crippen molar-refractivity contribution in [1.29, 1.82) is 0 Å². The molecule has 1 saturated carbocycles. The highest BCUT2D eigenvalue weighted by atomic mass is 32.1. The van der Waals surface area contributed by atoms with E-state index in [1.807, 2.05) is 12.4 Å². The van der Waals surface area contributed by atoms with Crippen LogP contribution in [0.25, 0.3) is 0 Å². The van der Waals surface area contributed by atoms with E-state index in [1.165, 1.54) is 12.8 Å². The Hall–Kier alpha value is -0.570. The molecule has 2 nitrogen and oxygen atoms in total. The van der Waals surface area contributed by atoms with Gasteiger partial charge in [0.1, 0.15) is 0 Å². The number of nitrogens with one attached hydrogen (secondary N) is 1. The zero-order valence-electron chi connectivity index (χ0n) is 7.50. The van der Waals surface area contributed by atoms with Crippen molar-refractivity contribution in [3.63, 3.8) is 0 Å². The third-order valence-electron chi connectivity index (χ3n) is 2.98. The molecule has 0 aromatic carbocycles. The second-order valence-corrected chi connectivity index (χ2v) is 4.60. The fourth-order valence-corrected chi connectivity index (χ4v) is 2.20. The summed E-state index contributed by atoms with van der Waals surface area (Å²) in [4.78, 5) is 3.03. The molecule has 0 bridgehead atoms. The minimum atomic E-state index is 0.431. The lowest BCUT2D eigenvalue weighted by molar-refractivity contribution is 0.0808. The number of rotatable bonds is 1. The van der Waals surface area contributed by atoms with Crippen molar-refractivity contribution in [2.24, 2.45) is 5.41 Å². The Kier molecular flexibility index (Phi) is 1.65. The van der Waals surface area contributed by atoms with Gasteiger partial charge in [-0.2, -0.15) is 0 Å². The van der Waals surface area contributed by atoms with Crippen LogP contribution < -0.4 is 0 Å². The molecular weight excluding hydrogens is 168 g/mol. The van der Waals surface area contributed by atoms with E-state index >= 15 is 0 Å². The summed E-state index contributed by atoms with van der Waals surface area (Å²) in [5.41, 5.74) is 0.431. The Bertz CT molecular complexity index is 334. The van der Waals surface area contributed by atoms with Gasteiger partial charge >= 0.3 is 0 Å². The van der Waals surface area contributed by atoms with Crippen LogP contribution in [0.2, 0.25) is 0 Å². The third kappa shape index (κ3) is 1.04. The number of aromatic amines is 1. The predicted molar refractivity (Wildman–Crippen MR) is 51.7 cm³/mol. The zero-order chi connectivity index (χ0) is 8.77. The molecule has 1 atom stereocenters. The largest absolute Gasteiger partial charge is 0.337 e. The number of imidazole rings is 1. The fourth-order valence-electron chi connectivity index (χ4n) is 1.94. The SMILES string of the molecule is CC1(C)CCC1n1cc[nH]c1=S. The van der Waals surface area contributed by atoms with E-state index in [1.54, 1.807) is 0 Å². The van der Waals surface area contributed by atoms with E-state index in [-0.39, 0.29) is 0 Å². The number of hydrogen-bond acceptors (Lipinski definition) is 1. The van der Waals surface area contributed by atoms with Crippen molar-refractivity contribution >= 4 is 12.2 Å². The molecule has 0 aliphatic heterocycles. The van der Waals surface area contributed by atoms with Crippen LogP contribution in [0.1, 0.15) is 32.7 Å². The standard InChI is InChI=1S/C9H14N2S/c1-9(2)4-3-7(9)11-6-5-10-8(11)12/h5-7H,3-4H2,1-2H3,(H,10,12). The average Bonchev–Trinajstić information content (AvgIpc) is 2.35. The summed E-state index contributed by atoms with van der Waals surface area (Å²) in [6, 6.07) is 0.608. The lowest BCUT2D eigenvalue weighted by atomic mass is 9.67. The van der Waals surface area contributed by atoms with E-state index in [0.29, 0.717) is 11.5 Å². The maximum atomic E-state index is 5.17. The van der Waals surface area contributed by atoms with Gasteiger partial charge in [-0.15, -0.1) is 0 Å². The van der Waals surface area contributed by atoms with Crippen LogP contribution in [0.4, 0.5) is 0 Å². The molecule has 0 spiro atoms. The highest BCUT2D eigenvalue weighted by molar-refractivity contribution is 7.71. The molecule has 12 heavy (non-hydrogen) atoms. The Labute approximate surface area is 77.6 Å². The lowest BCUT2D eigenvalue weighted by Crippen LogP contribution is -2.36. The van der Waals surface area contributed by atoms with E-state index in [9.17, 15) is 0 Å². The van der Waals surface area contributed by atoms with E-state index < -0.39 is 0 Å². The first kappa shape index (κ1) is 8.05. The number of H-pyrrole nitrogens is 1. The van der Waals surface area contributed by atoms with Gasteiger partial charge in [-0.3, -0.25) is 0 Å². The van der Waals surface area contributed by atoms with Gasteiger partial charge in [0.05, 0.1) is 0 Å². The summed E-state index contributed by atoms with van der Waals surface area (Å²) in [5.74, 6) is 0. The van der Waals surface area contributed by atoms with Crippen molar-refractivity contribution < 1.29 is 0 Å². The molecule has 1 fully saturated rings. The maximum absolute atomic E-state index is 5.17. The van der Waals surface area contributed by atoms with Crippen LogP contribution in [0.3, 0.4) is 0 Å². The first-order chi connectivity index (χ1) is 5.61. The molecule has 1 N–H and O–H groups in total. The van der Waals surface area contributed by atoms with E-state index in [2.05, 4.69) is 23.4 Å². The van der Waals surface area contributed by atoms with Gasteiger partial charge in [-0.25, -0.2) is 0 Å². The van der Waals surface area contributed by atoms with Crippen LogP contribution in [-0.4, -0.2) is 9.55 Å². The molecule has 3 heteroatoms. The first-order valence-corrected chi connectivity index (χ1v) is 4.77. The molecule has 1 aliphatic rings. The molecule has 0 radical (unpaired) electrons. The Morgan fingerprint density at radius 3 is 2.75 bits per heavy atom. The molecular formula is C9H14N2S. The monoisotopic (exact) mass is 182 g/mol. The molecule has 2 rings (SSSR count). The van der Waals surface area contributed by atoms with Gasteiger partial charge in [-0.05, 0) is 30.5 Å². The highest BCUT2D eigenvalue weighted by Gasteiger charge is 2.39. The Morgan fingerprint density at radius 1 is 1.67 bits per heavy atom. The smallest absolute Gasteiger partial charge is 0.177 e. The minimum absolute atomic E-state index is 0.431. The van der Waals surface area contributed by atoms with Gasteiger partial charge in [0.15, 0.2) is 4.77 Å². The molecule has 0 saturated heterocycles. The van der Waals surface area contributed by atoms with Gasteiger partial charge in [0, 0.05) is 18.4 Å². The van der Waals surface area contributed by atoms with Gasteiger partial charge in [-0.1, -0.05) is 13.8 Å². The molecule has 66 valence electrons. The number of nitrogens with zero attached hydrogens (tertiary/aromatic N) is 1. The predicted octanol–water partition coefficient (Wildman–Crippen LogP) is 2.91. The molecule has 1 aromatic rings. The van der Waals surface area contributed by atoms with Gasteiger partial charge in [0.2, 0.25) is 0 Å². The fraction of sp³-hybridized carbons (Fsp3) is 0.667. The van der Waals surface area contributed by atoms with Crippen LogP contribution in [0, 0.1) is 10.2 Å². The van der Waals surface area contributed by atoms with Crippen molar-refractivity contribution in [2.45, 2.75) is 32.7 Å². The zero-order valence-corrected chi connectivity index (χ0v) is 8.32. The van der Waals surface area contributed by atoms with E-state index in [0.717, 1.165) is 4.77 Å². The average molecular weight is 182 g/mol. The number of hydrogen-bond donors (Lipinski definition) is 1. The molecule has 1 aromatic heterocycles. The lowest BCUT2D eigenvalue weighted by Gasteiger charge is -2.45. The second-order valence-electron chi connectivity index (χ2n) is 4.22. The third-order valence-corrected chi connectivity index (χ3v) is 3.31. The summed E-state index contributed by atoms with van der Waals surface area (Å²) in [6.07, 6.45) is 6.54. The van der Waals surface area contributed by atoms with Gasteiger partial charge < -0.3 is 9.55 Å². The van der Waals surface area contributed by atoms with Crippen LogP contribution in [-0.2, 0) is 0 Å². The maximum Gasteiger partial charge on any atom is 0.177 e. The topological polar surface area (TPSA) is 20.7 Å². The first-order valence-electron chi connectivity index (χ1n) is 4.37. The molecule has 1 aliphatic carbocycles. The summed E-state index contributed by atoms with van der Waals surface area (Å²) in [7, 11) is 0. The summed E-state index contributed by atoms with van der Waals surface area (Å²) < 4.78 is 3.03. The number of aromatic nitrogens is 2. The second kappa shape index (κ2) is 2.46. The Balaban J connectivity index is 2.33. The summed E-state index contributed by atoms with van der Waals surface area (Å²) >= 11 is 5.17. The quantitative estimate of drug-likeness (QED) is 0.662. The summed E-state index contributed by atoms with van der Waals surface area (Å²) in [5, 5.41) is 0. The normalized spacial score (nSPS) is 26.7. The molecule has 1 heterocycles. The van der Waals surface area contributed by atoms with Crippen molar-refractivity contribution in [3.05, 3.63) is 17.2 Å². The molecule has 1 unspecified atom stereocenters. The highest BCUT2D eigenvalue weighted by Crippen LogP contribution is 2.49. The Morgan fingerprint density at radius 2 is 2.42 bits per heavy atom. The van der Waals surface area contributed by atoms with Crippen LogP contribution in [0.15, 0.2) is 12.4 Å². The summed E-state index contributed by atoms with van der Waals surface area (Å²) in [6.45, 7) is 4.60. The van der Waals surface area contributed by atoms with Crippen LogP contribution in [0.5, 0.6) is 0 Å². The minimum Gasteiger partial charge on any atom is -0.337 e. The van der Waals surface area contributed by atoms with Gasteiger partial charge in [0.25, 0.3) is 0 Å². The molecule has 0 amide bonds. The van der Waals surface area contributed by atoms with Crippen molar-refractivity contribution in [2.75, 3.05) is 0 Å². The van der Waals surface area contributed by atoms with Crippen molar-refractivity contribution in [3.8, 4) is 0 Å². The van der Waals surface area contributed by atoms with Crippen molar-refractivity contribution in [1.82, 2.24) is 9.55 Å².